The van der Waals surface area contributed by atoms with Crippen molar-refractivity contribution in [2.75, 3.05) is 20.3 Å². The fourth-order valence-corrected chi connectivity index (χ4v) is 2.83. The standard InChI is InChI=1S/C15H23NO2/c1-18-14-7-3-2-6-13(14)10-16-11-15(12-17)8-4-5-9-15/h2-3,6-7,16-17H,4-5,8-12H2,1H3. The largest absolute Gasteiger partial charge is 0.496 e. The van der Waals surface area contributed by atoms with Gasteiger partial charge in [0.15, 0.2) is 0 Å². The molecule has 2 rings (SSSR count). The summed E-state index contributed by atoms with van der Waals surface area (Å²) in [5.74, 6) is 0.925. The number of para-hydroxylation sites is 1. The van der Waals surface area contributed by atoms with E-state index in [4.69, 9.17) is 4.74 Å². The summed E-state index contributed by atoms with van der Waals surface area (Å²) in [4.78, 5) is 0. The highest BCUT2D eigenvalue weighted by molar-refractivity contribution is 5.32. The van der Waals surface area contributed by atoms with Crippen LogP contribution in [0.25, 0.3) is 0 Å². The molecule has 0 saturated heterocycles. The van der Waals surface area contributed by atoms with Gasteiger partial charge in [0.2, 0.25) is 0 Å². The summed E-state index contributed by atoms with van der Waals surface area (Å²) >= 11 is 0. The van der Waals surface area contributed by atoms with Gasteiger partial charge in [-0.15, -0.1) is 0 Å². The summed E-state index contributed by atoms with van der Waals surface area (Å²) in [6.07, 6.45) is 4.78. The van der Waals surface area contributed by atoms with Gasteiger partial charge in [0.25, 0.3) is 0 Å². The van der Waals surface area contributed by atoms with Gasteiger partial charge in [-0.25, -0.2) is 0 Å². The summed E-state index contributed by atoms with van der Waals surface area (Å²) in [7, 11) is 1.70. The molecule has 1 aromatic rings. The van der Waals surface area contributed by atoms with Crippen LogP contribution in [-0.2, 0) is 6.54 Å². The Kier molecular flexibility index (Phi) is 4.61. The van der Waals surface area contributed by atoms with Gasteiger partial charge < -0.3 is 15.2 Å². The van der Waals surface area contributed by atoms with E-state index in [2.05, 4.69) is 11.4 Å². The van der Waals surface area contributed by atoms with Crippen LogP contribution in [0.2, 0.25) is 0 Å². The maximum Gasteiger partial charge on any atom is 0.123 e. The van der Waals surface area contributed by atoms with Crippen LogP contribution in [0, 0.1) is 5.41 Å². The smallest absolute Gasteiger partial charge is 0.123 e. The van der Waals surface area contributed by atoms with Crippen molar-refractivity contribution >= 4 is 0 Å². The second-order valence-corrected chi connectivity index (χ2v) is 5.28. The van der Waals surface area contributed by atoms with Crippen molar-refractivity contribution in [2.45, 2.75) is 32.2 Å². The highest BCUT2D eigenvalue weighted by atomic mass is 16.5. The molecule has 3 heteroatoms. The van der Waals surface area contributed by atoms with Crippen molar-refractivity contribution in [2.24, 2.45) is 5.41 Å². The quantitative estimate of drug-likeness (QED) is 0.813. The number of ether oxygens (including phenoxy) is 1. The third kappa shape index (κ3) is 3.03. The number of benzene rings is 1. The Labute approximate surface area is 109 Å². The lowest BCUT2D eigenvalue weighted by atomic mass is 9.87. The van der Waals surface area contributed by atoms with Crippen molar-refractivity contribution in [1.29, 1.82) is 0 Å². The molecular weight excluding hydrogens is 226 g/mol. The van der Waals surface area contributed by atoms with Crippen LogP contribution in [0.5, 0.6) is 5.75 Å². The first-order valence-corrected chi connectivity index (χ1v) is 6.73. The molecule has 1 aliphatic rings. The van der Waals surface area contributed by atoms with E-state index in [0.717, 1.165) is 31.7 Å². The fourth-order valence-electron chi connectivity index (χ4n) is 2.83. The maximum atomic E-state index is 9.55. The van der Waals surface area contributed by atoms with E-state index < -0.39 is 0 Å². The van der Waals surface area contributed by atoms with Crippen LogP contribution in [-0.4, -0.2) is 25.4 Å². The van der Waals surface area contributed by atoms with Gasteiger partial charge >= 0.3 is 0 Å². The molecule has 1 saturated carbocycles. The molecule has 100 valence electrons. The molecule has 0 aliphatic heterocycles. The zero-order valence-corrected chi connectivity index (χ0v) is 11.1. The highest BCUT2D eigenvalue weighted by Gasteiger charge is 2.32. The predicted octanol–water partition coefficient (Wildman–Crippen LogP) is 2.34. The Balaban J connectivity index is 1.88. The molecule has 0 heterocycles. The van der Waals surface area contributed by atoms with Crippen molar-refractivity contribution in [3.05, 3.63) is 29.8 Å². The molecule has 0 bridgehead atoms. The van der Waals surface area contributed by atoms with Crippen molar-refractivity contribution in [3.8, 4) is 5.75 Å². The van der Waals surface area contributed by atoms with E-state index in [0.29, 0.717) is 6.61 Å². The second kappa shape index (κ2) is 6.21. The molecule has 0 atom stereocenters. The van der Waals surface area contributed by atoms with Gasteiger partial charge in [-0.3, -0.25) is 0 Å². The second-order valence-electron chi connectivity index (χ2n) is 5.28. The highest BCUT2D eigenvalue weighted by Crippen LogP contribution is 2.37. The number of rotatable bonds is 6. The monoisotopic (exact) mass is 249 g/mol. The van der Waals surface area contributed by atoms with E-state index in [1.807, 2.05) is 18.2 Å². The Bertz CT molecular complexity index is 373. The molecule has 18 heavy (non-hydrogen) atoms. The normalized spacial score (nSPS) is 17.9. The predicted molar refractivity (Wildman–Crippen MR) is 72.7 cm³/mol. The molecule has 0 radical (unpaired) electrons. The molecular formula is C15H23NO2. The number of aliphatic hydroxyl groups excluding tert-OH is 1. The van der Waals surface area contributed by atoms with Crippen molar-refractivity contribution in [3.63, 3.8) is 0 Å². The zero-order valence-electron chi connectivity index (χ0n) is 11.1. The minimum atomic E-state index is 0.113. The maximum absolute atomic E-state index is 9.55. The van der Waals surface area contributed by atoms with Crippen LogP contribution >= 0.6 is 0 Å². The van der Waals surface area contributed by atoms with Crippen LogP contribution in [0.15, 0.2) is 24.3 Å². The van der Waals surface area contributed by atoms with Crippen LogP contribution in [0.3, 0.4) is 0 Å². The number of nitrogens with one attached hydrogen (secondary N) is 1. The first-order valence-electron chi connectivity index (χ1n) is 6.73. The van der Waals surface area contributed by atoms with Crippen LogP contribution in [0.4, 0.5) is 0 Å². The van der Waals surface area contributed by atoms with Gasteiger partial charge in [0.1, 0.15) is 5.75 Å². The summed E-state index contributed by atoms with van der Waals surface area (Å²) in [6.45, 7) is 1.99. The molecule has 0 spiro atoms. The third-order valence-corrected chi connectivity index (χ3v) is 4.01. The average molecular weight is 249 g/mol. The summed E-state index contributed by atoms with van der Waals surface area (Å²) < 4.78 is 5.33. The Hall–Kier alpha value is -1.06. The molecule has 3 nitrogen and oxygen atoms in total. The number of methoxy groups -OCH3 is 1. The van der Waals surface area contributed by atoms with E-state index in [1.165, 1.54) is 18.4 Å². The molecule has 1 aliphatic carbocycles. The number of hydrogen-bond acceptors (Lipinski definition) is 3. The van der Waals surface area contributed by atoms with Crippen molar-refractivity contribution < 1.29 is 9.84 Å². The van der Waals surface area contributed by atoms with E-state index in [-0.39, 0.29) is 5.41 Å². The Morgan fingerprint density at radius 2 is 2.00 bits per heavy atom. The Morgan fingerprint density at radius 1 is 1.28 bits per heavy atom. The first-order chi connectivity index (χ1) is 8.79. The summed E-state index contributed by atoms with van der Waals surface area (Å²) in [5, 5.41) is 13.0. The lowest BCUT2D eigenvalue weighted by Gasteiger charge is -2.26. The lowest BCUT2D eigenvalue weighted by Crippen LogP contribution is -2.34. The summed E-state index contributed by atoms with van der Waals surface area (Å²) in [6, 6.07) is 8.06. The lowest BCUT2D eigenvalue weighted by molar-refractivity contribution is 0.128. The minimum Gasteiger partial charge on any atom is -0.496 e. The third-order valence-electron chi connectivity index (χ3n) is 4.01. The topological polar surface area (TPSA) is 41.5 Å². The summed E-state index contributed by atoms with van der Waals surface area (Å²) in [5.41, 5.74) is 1.29. The van der Waals surface area contributed by atoms with E-state index in [9.17, 15) is 5.11 Å². The van der Waals surface area contributed by atoms with Crippen molar-refractivity contribution in [1.82, 2.24) is 5.32 Å². The van der Waals surface area contributed by atoms with Gasteiger partial charge in [0.05, 0.1) is 7.11 Å². The van der Waals surface area contributed by atoms with E-state index in [1.54, 1.807) is 7.11 Å². The zero-order chi connectivity index (χ0) is 12.8. The SMILES string of the molecule is COc1ccccc1CNCC1(CO)CCCC1. The average Bonchev–Trinajstić information content (AvgIpc) is 2.89. The molecule has 0 unspecified atom stereocenters. The van der Waals surface area contributed by atoms with Gasteiger partial charge in [-0.2, -0.15) is 0 Å². The first kappa shape index (κ1) is 13.4. The molecule has 0 amide bonds. The molecule has 2 N–H and O–H groups in total. The van der Waals surface area contributed by atoms with Crippen LogP contribution < -0.4 is 10.1 Å². The van der Waals surface area contributed by atoms with Crippen LogP contribution in [0.1, 0.15) is 31.2 Å². The number of aliphatic hydroxyl groups is 1. The Morgan fingerprint density at radius 3 is 2.67 bits per heavy atom. The molecule has 0 aromatic heterocycles. The van der Waals surface area contributed by atoms with E-state index >= 15 is 0 Å². The molecule has 1 aromatic carbocycles. The van der Waals surface area contributed by atoms with Gasteiger partial charge in [-0.1, -0.05) is 31.0 Å². The minimum absolute atomic E-state index is 0.113. The molecule has 1 fully saturated rings. The number of hydrogen-bond donors (Lipinski definition) is 2. The fraction of sp³-hybridized carbons (Fsp3) is 0.600. The van der Waals surface area contributed by atoms with Gasteiger partial charge in [0, 0.05) is 30.7 Å². The van der Waals surface area contributed by atoms with Gasteiger partial charge in [-0.05, 0) is 18.9 Å².